The van der Waals surface area contributed by atoms with E-state index in [2.05, 4.69) is 20.9 Å². The second-order valence-corrected chi connectivity index (χ2v) is 7.91. The lowest BCUT2D eigenvalue weighted by atomic mass is 10.1. The number of hydrogen-bond acceptors (Lipinski definition) is 7. The third-order valence-corrected chi connectivity index (χ3v) is 5.41. The number of rotatable bonds is 12. The summed E-state index contributed by atoms with van der Waals surface area (Å²) in [5.74, 6) is 0.664. The number of hydrogen-bond donors (Lipinski definition) is 4. The third kappa shape index (κ3) is 8.01. The first-order valence-corrected chi connectivity index (χ1v) is 11.1. The van der Waals surface area contributed by atoms with Crippen molar-refractivity contribution in [1.29, 1.82) is 0 Å². The number of amides is 1. The fourth-order valence-corrected chi connectivity index (χ4v) is 3.57. The molecule has 0 saturated heterocycles. The Bertz CT molecular complexity index is 932. The van der Waals surface area contributed by atoms with Crippen molar-refractivity contribution in [3.8, 4) is 5.75 Å². The number of aliphatic hydroxyl groups is 1. The van der Waals surface area contributed by atoms with Crippen LogP contribution >= 0.6 is 11.3 Å². The summed E-state index contributed by atoms with van der Waals surface area (Å²) in [6, 6.07) is 17.2. The first-order chi connectivity index (χ1) is 15.1. The average Bonchev–Trinajstić information content (AvgIpc) is 3.24. The predicted molar refractivity (Wildman–Crippen MR) is 125 cm³/mol. The molecule has 0 saturated carbocycles. The monoisotopic (exact) mass is 440 g/mol. The maximum Gasteiger partial charge on any atom is 0.230 e. The van der Waals surface area contributed by atoms with E-state index in [-0.39, 0.29) is 18.9 Å². The molecule has 164 valence electrons. The van der Waals surface area contributed by atoms with Crippen LogP contribution in [-0.4, -0.2) is 48.8 Å². The van der Waals surface area contributed by atoms with Crippen LogP contribution in [0.1, 0.15) is 11.3 Å². The van der Waals surface area contributed by atoms with Gasteiger partial charge in [0.05, 0.1) is 12.1 Å². The number of thiazole rings is 1. The van der Waals surface area contributed by atoms with Crippen LogP contribution in [-0.2, 0) is 17.6 Å². The highest BCUT2D eigenvalue weighted by molar-refractivity contribution is 7.13. The highest BCUT2D eigenvalue weighted by Crippen LogP contribution is 2.16. The van der Waals surface area contributed by atoms with E-state index in [4.69, 9.17) is 4.74 Å². The first kappa shape index (κ1) is 22.7. The number of para-hydroxylation sites is 1. The molecular formula is C23H28N4O3S. The van der Waals surface area contributed by atoms with Crippen LogP contribution in [0.5, 0.6) is 5.75 Å². The molecular weight excluding hydrogens is 412 g/mol. The van der Waals surface area contributed by atoms with Crippen molar-refractivity contribution in [1.82, 2.24) is 10.3 Å². The second-order valence-electron chi connectivity index (χ2n) is 7.05. The summed E-state index contributed by atoms with van der Waals surface area (Å²) in [6.07, 6.45) is 0.506. The second kappa shape index (κ2) is 12.0. The number of carbonyl (C=O) groups excluding carboxylic acids is 1. The molecule has 2 aromatic carbocycles. The standard InChI is InChI=1S/C23H28N4O3S/c1-24-23-27-19(16-31-23)13-22(29)26-18-9-7-17(8-10-18)11-12-25-14-20(28)15-30-21-5-3-2-4-6-21/h2-10,16,20,25,28H,11-15H2,1H3,(H,24,27)(H,26,29)/t20-/m0/s1. The zero-order chi connectivity index (χ0) is 21.9. The Balaban J connectivity index is 1.32. The van der Waals surface area contributed by atoms with Crippen molar-refractivity contribution in [2.24, 2.45) is 0 Å². The van der Waals surface area contributed by atoms with Crippen LogP contribution in [0.2, 0.25) is 0 Å². The summed E-state index contributed by atoms with van der Waals surface area (Å²) < 4.78 is 5.54. The van der Waals surface area contributed by atoms with Crippen LogP contribution in [0.25, 0.3) is 0 Å². The van der Waals surface area contributed by atoms with Crippen molar-refractivity contribution < 1.29 is 14.6 Å². The van der Waals surface area contributed by atoms with Gasteiger partial charge in [-0.3, -0.25) is 4.79 Å². The summed E-state index contributed by atoms with van der Waals surface area (Å²) >= 11 is 1.48. The molecule has 7 nitrogen and oxygen atoms in total. The number of benzene rings is 2. The Labute approximate surface area is 186 Å². The maximum absolute atomic E-state index is 12.2. The van der Waals surface area contributed by atoms with Crippen molar-refractivity contribution in [3.05, 3.63) is 71.2 Å². The third-order valence-electron chi connectivity index (χ3n) is 4.50. The van der Waals surface area contributed by atoms with Gasteiger partial charge in [0.25, 0.3) is 0 Å². The molecule has 0 bridgehead atoms. The minimum absolute atomic E-state index is 0.0888. The molecule has 3 aromatic rings. The molecule has 1 heterocycles. The normalized spacial score (nSPS) is 11.7. The Kier molecular flexibility index (Phi) is 8.84. The topological polar surface area (TPSA) is 95.5 Å². The van der Waals surface area contributed by atoms with E-state index in [9.17, 15) is 9.90 Å². The Morgan fingerprint density at radius 2 is 1.94 bits per heavy atom. The molecule has 0 aliphatic carbocycles. The molecule has 4 N–H and O–H groups in total. The van der Waals surface area contributed by atoms with Gasteiger partial charge in [0.2, 0.25) is 5.91 Å². The highest BCUT2D eigenvalue weighted by atomic mass is 32.1. The van der Waals surface area contributed by atoms with E-state index < -0.39 is 6.10 Å². The summed E-state index contributed by atoms with van der Waals surface area (Å²) in [6.45, 7) is 1.46. The van der Waals surface area contributed by atoms with Crippen LogP contribution < -0.4 is 20.7 Å². The summed E-state index contributed by atoms with van der Waals surface area (Å²) in [5, 5.41) is 21.8. The molecule has 1 aromatic heterocycles. The van der Waals surface area contributed by atoms with Gasteiger partial charge in [0, 0.05) is 24.7 Å². The summed E-state index contributed by atoms with van der Waals surface area (Å²) in [5.41, 5.74) is 2.67. The summed E-state index contributed by atoms with van der Waals surface area (Å²) in [7, 11) is 1.81. The molecule has 0 radical (unpaired) electrons. The fraction of sp³-hybridized carbons (Fsp3) is 0.304. The van der Waals surface area contributed by atoms with Crippen LogP contribution in [0.15, 0.2) is 60.0 Å². The SMILES string of the molecule is CNc1nc(CC(=O)Nc2ccc(CCNC[C@H](O)COc3ccccc3)cc2)cs1. The van der Waals surface area contributed by atoms with Gasteiger partial charge < -0.3 is 25.8 Å². The molecule has 31 heavy (non-hydrogen) atoms. The van der Waals surface area contributed by atoms with Gasteiger partial charge in [-0.15, -0.1) is 11.3 Å². The number of aliphatic hydroxyl groups excluding tert-OH is 1. The lowest BCUT2D eigenvalue weighted by Gasteiger charge is -2.13. The van der Waals surface area contributed by atoms with E-state index in [0.29, 0.717) is 6.54 Å². The van der Waals surface area contributed by atoms with Gasteiger partial charge >= 0.3 is 0 Å². The molecule has 0 aliphatic rings. The lowest BCUT2D eigenvalue weighted by Crippen LogP contribution is -2.32. The smallest absolute Gasteiger partial charge is 0.230 e. The minimum Gasteiger partial charge on any atom is -0.491 e. The number of nitrogens with one attached hydrogen (secondary N) is 3. The highest BCUT2D eigenvalue weighted by Gasteiger charge is 2.08. The first-order valence-electron chi connectivity index (χ1n) is 10.2. The van der Waals surface area contributed by atoms with Crippen molar-refractivity contribution in [3.63, 3.8) is 0 Å². The van der Waals surface area contributed by atoms with E-state index in [1.165, 1.54) is 11.3 Å². The molecule has 1 amide bonds. The van der Waals surface area contributed by atoms with Gasteiger partial charge in [0.1, 0.15) is 18.5 Å². The van der Waals surface area contributed by atoms with Crippen molar-refractivity contribution in [2.45, 2.75) is 18.9 Å². The van der Waals surface area contributed by atoms with Gasteiger partial charge in [-0.1, -0.05) is 30.3 Å². The van der Waals surface area contributed by atoms with Crippen LogP contribution in [0.4, 0.5) is 10.8 Å². The van der Waals surface area contributed by atoms with E-state index >= 15 is 0 Å². The van der Waals surface area contributed by atoms with E-state index in [0.717, 1.165) is 40.8 Å². The number of nitrogens with zero attached hydrogens (tertiary/aromatic N) is 1. The van der Waals surface area contributed by atoms with Crippen LogP contribution in [0, 0.1) is 0 Å². The minimum atomic E-state index is -0.570. The number of carbonyl (C=O) groups is 1. The predicted octanol–water partition coefficient (Wildman–Crippen LogP) is 2.94. The average molecular weight is 441 g/mol. The van der Waals surface area contributed by atoms with Crippen molar-refractivity contribution >= 4 is 28.1 Å². The quantitative estimate of drug-likeness (QED) is 0.324. The zero-order valence-corrected chi connectivity index (χ0v) is 18.3. The zero-order valence-electron chi connectivity index (χ0n) is 17.5. The molecule has 3 rings (SSSR count). The number of anilines is 2. The summed E-state index contributed by atoms with van der Waals surface area (Å²) in [4.78, 5) is 16.5. The molecule has 1 atom stereocenters. The Morgan fingerprint density at radius 3 is 2.65 bits per heavy atom. The molecule has 8 heteroatoms. The van der Waals surface area contributed by atoms with Crippen LogP contribution in [0.3, 0.4) is 0 Å². The molecule has 0 aliphatic heterocycles. The van der Waals surface area contributed by atoms with Gasteiger partial charge in [-0.2, -0.15) is 0 Å². The van der Waals surface area contributed by atoms with E-state index in [1.54, 1.807) is 0 Å². The number of aromatic nitrogens is 1. The Hall–Kier alpha value is -2.94. The number of ether oxygens (including phenoxy) is 1. The van der Waals surface area contributed by atoms with Gasteiger partial charge in [-0.05, 0) is 42.8 Å². The van der Waals surface area contributed by atoms with Crippen molar-refractivity contribution in [2.75, 3.05) is 37.4 Å². The lowest BCUT2D eigenvalue weighted by molar-refractivity contribution is -0.115. The molecule has 0 spiro atoms. The van der Waals surface area contributed by atoms with E-state index in [1.807, 2.05) is 67.0 Å². The van der Waals surface area contributed by atoms with Gasteiger partial charge in [0.15, 0.2) is 5.13 Å². The maximum atomic E-state index is 12.2. The van der Waals surface area contributed by atoms with Gasteiger partial charge in [-0.25, -0.2) is 4.98 Å². The molecule has 0 unspecified atom stereocenters. The Morgan fingerprint density at radius 1 is 1.16 bits per heavy atom. The molecule has 0 fully saturated rings. The largest absolute Gasteiger partial charge is 0.491 e. The fourth-order valence-electron chi connectivity index (χ4n) is 2.90.